The van der Waals surface area contributed by atoms with Crippen molar-refractivity contribution in [1.29, 1.82) is 0 Å². The third kappa shape index (κ3) is 4.64. The molecule has 1 aliphatic rings. The predicted molar refractivity (Wildman–Crippen MR) is 133 cm³/mol. The lowest BCUT2D eigenvalue weighted by molar-refractivity contribution is -0.127. The van der Waals surface area contributed by atoms with Gasteiger partial charge in [-0.2, -0.15) is 0 Å². The van der Waals surface area contributed by atoms with E-state index in [1.54, 1.807) is 0 Å². The first-order valence-electron chi connectivity index (χ1n) is 11.4. The number of rotatable bonds is 8. The number of benzene rings is 2. The highest BCUT2D eigenvalue weighted by Crippen LogP contribution is 2.33. The van der Waals surface area contributed by atoms with Gasteiger partial charge in [-0.25, -0.2) is 4.98 Å². The minimum absolute atomic E-state index is 0.139. The third-order valence-electron chi connectivity index (χ3n) is 6.04. The molecule has 1 aliphatic carbocycles. The molecule has 1 amide bonds. The summed E-state index contributed by atoms with van der Waals surface area (Å²) in [5, 5.41) is 10.8. The Morgan fingerprint density at radius 3 is 2.61 bits per heavy atom. The van der Waals surface area contributed by atoms with Crippen molar-refractivity contribution in [2.45, 2.75) is 31.5 Å². The molecule has 6 nitrogen and oxygen atoms in total. The van der Waals surface area contributed by atoms with Crippen LogP contribution in [-0.2, 0) is 11.3 Å². The molecule has 0 N–H and O–H groups in total. The summed E-state index contributed by atoms with van der Waals surface area (Å²) in [6.07, 6.45) is 2.48. The Labute approximate surface area is 198 Å². The maximum absolute atomic E-state index is 12.6. The molecular formula is C26H27N5OS. The first-order valence-corrected chi connectivity index (χ1v) is 12.4. The maximum atomic E-state index is 12.6. The van der Waals surface area contributed by atoms with E-state index in [0.717, 1.165) is 45.2 Å². The zero-order valence-corrected chi connectivity index (χ0v) is 19.8. The van der Waals surface area contributed by atoms with E-state index < -0.39 is 0 Å². The molecule has 5 rings (SSSR count). The largest absolute Gasteiger partial charge is 0.345 e. The first kappa shape index (κ1) is 21.6. The molecule has 1 saturated carbocycles. The highest BCUT2D eigenvalue weighted by atomic mass is 32.2. The van der Waals surface area contributed by atoms with Gasteiger partial charge in [0.15, 0.2) is 11.0 Å². The van der Waals surface area contributed by atoms with E-state index in [1.165, 1.54) is 24.6 Å². The number of para-hydroxylation sites is 1. The van der Waals surface area contributed by atoms with Gasteiger partial charge in [0, 0.05) is 36.7 Å². The minimum atomic E-state index is 0.139. The fourth-order valence-electron chi connectivity index (χ4n) is 4.02. The molecule has 0 bridgehead atoms. The third-order valence-corrected chi connectivity index (χ3v) is 6.99. The molecule has 0 spiro atoms. The van der Waals surface area contributed by atoms with Crippen molar-refractivity contribution in [2.24, 2.45) is 5.92 Å². The van der Waals surface area contributed by atoms with E-state index in [-0.39, 0.29) is 5.91 Å². The standard InChI is InChI=1S/C26H27N5OS/c1-3-31-25(28-29-26(31)33-17-24(32)30(2)16-18-13-14-18)21-15-23(19-9-5-4-6-10-19)27-22-12-8-7-11-20(21)22/h4-12,15,18H,3,13-14,16-17H2,1-2H3. The average molecular weight is 458 g/mol. The quantitative estimate of drug-likeness (QED) is 0.343. The van der Waals surface area contributed by atoms with E-state index in [9.17, 15) is 4.79 Å². The van der Waals surface area contributed by atoms with Crippen molar-refractivity contribution < 1.29 is 4.79 Å². The van der Waals surface area contributed by atoms with Gasteiger partial charge >= 0.3 is 0 Å². The molecule has 2 aromatic heterocycles. The second-order valence-corrected chi connectivity index (χ2v) is 9.44. The number of hydrogen-bond acceptors (Lipinski definition) is 5. The van der Waals surface area contributed by atoms with Crippen molar-refractivity contribution >= 4 is 28.6 Å². The van der Waals surface area contributed by atoms with Crippen LogP contribution >= 0.6 is 11.8 Å². The number of amides is 1. The van der Waals surface area contributed by atoms with Gasteiger partial charge in [0.05, 0.1) is 17.0 Å². The molecule has 1 fully saturated rings. The Morgan fingerprint density at radius 1 is 1.09 bits per heavy atom. The Bertz CT molecular complexity index is 1280. The molecule has 2 heterocycles. The maximum Gasteiger partial charge on any atom is 0.232 e. The van der Waals surface area contributed by atoms with Crippen LogP contribution in [0.3, 0.4) is 0 Å². The van der Waals surface area contributed by atoms with Crippen molar-refractivity contribution in [1.82, 2.24) is 24.6 Å². The van der Waals surface area contributed by atoms with E-state index in [4.69, 9.17) is 4.98 Å². The molecule has 2 aromatic carbocycles. The fraction of sp³-hybridized carbons (Fsp3) is 0.308. The molecule has 0 unspecified atom stereocenters. The van der Waals surface area contributed by atoms with Gasteiger partial charge in [-0.3, -0.25) is 4.79 Å². The summed E-state index contributed by atoms with van der Waals surface area (Å²) in [7, 11) is 1.89. The van der Waals surface area contributed by atoms with Crippen molar-refractivity contribution in [3.05, 3.63) is 60.7 Å². The van der Waals surface area contributed by atoms with Gasteiger partial charge in [0.25, 0.3) is 0 Å². The lowest BCUT2D eigenvalue weighted by atomic mass is 10.0. The lowest BCUT2D eigenvalue weighted by Gasteiger charge is -2.16. The van der Waals surface area contributed by atoms with Gasteiger partial charge in [-0.15, -0.1) is 10.2 Å². The van der Waals surface area contributed by atoms with E-state index in [2.05, 4.69) is 46.0 Å². The molecular weight excluding hydrogens is 430 g/mol. The smallest absolute Gasteiger partial charge is 0.232 e. The number of aromatic nitrogens is 4. The topological polar surface area (TPSA) is 63.9 Å². The van der Waals surface area contributed by atoms with Gasteiger partial charge in [-0.05, 0) is 37.8 Å². The predicted octanol–water partition coefficient (Wildman–Crippen LogP) is 5.14. The van der Waals surface area contributed by atoms with Crippen LogP contribution in [0.15, 0.2) is 65.8 Å². The van der Waals surface area contributed by atoms with E-state index >= 15 is 0 Å². The molecule has 0 saturated heterocycles. The number of fused-ring (bicyclic) bond motifs is 1. The normalized spacial score (nSPS) is 13.4. The van der Waals surface area contributed by atoms with Crippen LogP contribution in [0.5, 0.6) is 0 Å². The zero-order valence-electron chi connectivity index (χ0n) is 18.9. The number of nitrogens with zero attached hydrogens (tertiary/aromatic N) is 5. The summed E-state index contributed by atoms with van der Waals surface area (Å²) in [6, 6.07) is 20.4. The van der Waals surface area contributed by atoms with Gasteiger partial charge in [-0.1, -0.05) is 60.3 Å². The second-order valence-electron chi connectivity index (χ2n) is 8.49. The number of carbonyl (C=O) groups is 1. The SMILES string of the molecule is CCn1c(SCC(=O)N(C)CC2CC2)nnc1-c1cc(-c2ccccc2)nc2ccccc12. The summed E-state index contributed by atoms with van der Waals surface area (Å²) >= 11 is 1.46. The van der Waals surface area contributed by atoms with Crippen LogP contribution in [-0.4, -0.2) is 49.9 Å². The lowest BCUT2D eigenvalue weighted by Crippen LogP contribution is -2.30. The van der Waals surface area contributed by atoms with E-state index in [0.29, 0.717) is 18.2 Å². The average Bonchev–Trinajstić information content (AvgIpc) is 3.58. The number of hydrogen-bond donors (Lipinski definition) is 0. The van der Waals surface area contributed by atoms with Crippen molar-refractivity contribution in [3.8, 4) is 22.6 Å². The highest BCUT2D eigenvalue weighted by molar-refractivity contribution is 7.99. The number of thioether (sulfide) groups is 1. The number of pyridine rings is 1. The summed E-state index contributed by atoms with van der Waals surface area (Å²) in [6.45, 7) is 3.66. The van der Waals surface area contributed by atoms with Crippen LogP contribution in [0.1, 0.15) is 19.8 Å². The molecule has 0 radical (unpaired) electrons. The van der Waals surface area contributed by atoms with Gasteiger partial charge < -0.3 is 9.47 Å². The molecule has 4 aromatic rings. The van der Waals surface area contributed by atoms with Crippen LogP contribution in [0.4, 0.5) is 0 Å². The summed E-state index contributed by atoms with van der Waals surface area (Å²) in [4.78, 5) is 19.3. The van der Waals surface area contributed by atoms with Crippen LogP contribution in [0, 0.1) is 5.92 Å². The molecule has 7 heteroatoms. The molecule has 33 heavy (non-hydrogen) atoms. The Kier molecular flexibility index (Phi) is 6.13. The summed E-state index contributed by atoms with van der Waals surface area (Å²) < 4.78 is 2.09. The number of carbonyl (C=O) groups excluding carboxylic acids is 1. The molecule has 0 atom stereocenters. The Hall–Kier alpha value is -3.19. The summed E-state index contributed by atoms with van der Waals surface area (Å²) in [5.41, 5.74) is 3.88. The fourth-order valence-corrected chi connectivity index (χ4v) is 4.97. The zero-order chi connectivity index (χ0) is 22.8. The van der Waals surface area contributed by atoms with Gasteiger partial charge in [0.2, 0.25) is 5.91 Å². The van der Waals surface area contributed by atoms with Crippen molar-refractivity contribution in [2.75, 3.05) is 19.3 Å². The minimum Gasteiger partial charge on any atom is -0.345 e. The second kappa shape index (κ2) is 9.35. The van der Waals surface area contributed by atoms with Crippen LogP contribution in [0.25, 0.3) is 33.5 Å². The highest BCUT2D eigenvalue weighted by Gasteiger charge is 2.25. The van der Waals surface area contributed by atoms with Gasteiger partial charge in [0.1, 0.15) is 0 Å². The van der Waals surface area contributed by atoms with Crippen molar-refractivity contribution in [3.63, 3.8) is 0 Å². The van der Waals surface area contributed by atoms with Crippen LogP contribution < -0.4 is 0 Å². The Morgan fingerprint density at radius 2 is 1.85 bits per heavy atom. The molecule has 0 aliphatic heterocycles. The van der Waals surface area contributed by atoms with E-state index in [1.807, 2.05) is 48.3 Å². The first-order chi connectivity index (χ1) is 16.1. The Balaban J connectivity index is 1.48. The summed E-state index contributed by atoms with van der Waals surface area (Å²) in [5.74, 6) is 2.00. The monoisotopic (exact) mass is 457 g/mol. The van der Waals surface area contributed by atoms with Crippen LogP contribution in [0.2, 0.25) is 0 Å². The molecule has 168 valence electrons.